The van der Waals surface area contributed by atoms with Crippen molar-refractivity contribution < 1.29 is 14.1 Å². The van der Waals surface area contributed by atoms with Crippen molar-refractivity contribution in [2.75, 3.05) is 5.32 Å². The first-order valence-corrected chi connectivity index (χ1v) is 10.7. The van der Waals surface area contributed by atoms with Crippen molar-refractivity contribution in [2.45, 2.75) is 26.9 Å². The van der Waals surface area contributed by atoms with Crippen LogP contribution in [0.25, 0.3) is 0 Å². The predicted molar refractivity (Wildman–Crippen MR) is 125 cm³/mol. The second-order valence-corrected chi connectivity index (χ2v) is 8.11. The summed E-state index contributed by atoms with van der Waals surface area (Å²) in [7, 11) is 0. The Morgan fingerprint density at radius 3 is 2.47 bits per heavy atom. The van der Waals surface area contributed by atoms with Gasteiger partial charge in [-0.15, -0.1) is 0 Å². The van der Waals surface area contributed by atoms with Crippen LogP contribution in [0.5, 0.6) is 0 Å². The first kappa shape index (κ1) is 23.1. The first-order chi connectivity index (χ1) is 16.2. The lowest BCUT2D eigenvalue weighted by atomic mass is 10.1. The van der Waals surface area contributed by atoms with E-state index in [1.54, 1.807) is 61.0 Å². The third kappa shape index (κ3) is 4.81. The van der Waals surface area contributed by atoms with Crippen molar-refractivity contribution >= 4 is 29.0 Å². The molecule has 4 aromatic rings. The molecule has 0 radical (unpaired) electrons. The number of carbonyl (C=O) groups excluding carboxylic acids is 1. The Labute approximate surface area is 198 Å². The predicted octanol–water partition coefficient (Wildman–Crippen LogP) is 4.75. The smallest absolute Gasteiger partial charge is 0.304 e. The number of hydrogen-bond acceptors (Lipinski definition) is 5. The largest absolute Gasteiger partial charge is 0.312 e. The molecule has 1 N–H and O–H groups in total. The van der Waals surface area contributed by atoms with Crippen molar-refractivity contribution in [3.05, 3.63) is 104 Å². The van der Waals surface area contributed by atoms with Crippen molar-refractivity contribution in [1.29, 1.82) is 0 Å². The van der Waals surface area contributed by atoms with E-state index in [0.717, 1.165) is 5.56 Å². The van der Waals surface area contributed by atoms with Gasteiger partial charge in [-0.2, -0.15) is 10.2 Å². The Morgan fingerprint density at radius 2 is 1.82 bits per heavy atom. The van der Waals surface area contributed by atoms with E-state index < -0.39 is 10.8 Å². The standard InChI is InChI=1S/C23H20ClFN6O3/c1-14-21(31(33)34)15(2)30(27-14)11-16-7-9-17(10-8-16)23(32)26-22-19(24)13-29(28-22)12-18-5-3-4-6-20(18)25/h3-10,13H,11-12H2,1-2H3,(H,26,28,32). The highest BCUT2D eigenvalue weighted by atomic mass is 35.5. The minimum Gasteiger partial charge on any atom is -0.304 e. The second-order valence-electron chi connectivity index (χ2n) is 7.70. The molecule has 174 valence electrons. The van der Waals surface area contributed by atoms with Gasteiger partial charge in [-0.3, -0.25) is 24.3 Å². The zero-order chi connectivity index (χ0) is 24.4. The number of aromatic nitrogens is 4. The number of halogens is 2. The molecule has 0 bridgehead atoms. The van der Waals surface area contributed by atoms with Gasteiger partial charge in [-0.1, -0.05) is 41.9 Å². The first-order valence-electron chi connectivity index (χ1n) is 10.3. The zero-order valence-electron chi connectivity index (χ0n) is 18.3. The molecule has 0 unspecified atom stereocenters. The third-order valence-corrected chi connectivity index (χ3v) is 5.59. The topological polar surface area (TPSA) is 108 Å². The lowest BCUT2D eigenvalue weighted by Crippen LogP contribution is -2.13. The van der Waals surface area contributed by atoms with E-state index in [0.29, 0.717) is 29.1 Å². The summed E-state index contributed by atoms with van der Waals surface area (Å²) in [5, 5.41) is 22.5. The highest BCUT2D eigenvalue weighted by Gasteiger charge is 2.21. The summed E-state index contributed by atoms with van der Waals surface area (Å²) in [6.07, 6.45) is 1.51. The quantitative estimate of drug-likeness (QED) is 0.302. The molecule has 4 rings (SSSR count). The van der Waals surface area contributed by atoms with Gasteiger partial charge in [0.1, 0.15) is 22.2 Å². The van der Waals surface area contributed by atoms with Crippen LogP contribution >= 0.6 is 11.6 Å². The fourth-order valence-electron chi connectivity index (χ4n) is 3.58. The number of carbonyl (C=O) groups is 1. The lowest BCUT2D eigenvalue weighted by Gasteiger charge is -2.07. The minimum absolute atomic E-state index is 0.00214. The molecule has 2 heterocycles. The fraction of sp³-hybridized carbons (Fsp3) is 0.174. The average Bonchev–Trinajstić information content (AvgIpc) is 3.27. The Morgan fingerprint density at radius 1 is 1.12 bits per heavy atom. The van der Waals surface area contributed by atoms with Crippen LogP contribution in [-0.4, -0.2) is 30.4 Å². The van der Waals surface area contributed by atoms with E-state index in [1.165, 1.54) is 16.9 Å². The number of aryl methyl sites for hydroxylation is 1. The fourth-order valence-corrected chi connectivity index (χ4v) is 3.78. The van der Waals surface area contributed by atoms with Gasteiger partial charge in [0.05, 0.1) is 18.0 Å². The zero-order valence-corrected chi connectivity index (χ0v) is 19.1. The van der Waals surface area contributed by atoms with Crippen LogP contribution in [0, 0.1) is 29.8 Å². The number of anilines is 1. The summed E-state index contributed by atoms with van der Waals surface area (Å²) in [6, 6.07) is 13.1. The van der Waals surface area contributed by atoms with E-state index in [2.05, 4.69) is 15.5 Å². The third-order valence-electron chi connectivity index (χ3n) is 5.31. The molecule has 0 saturated heterocycles. The van der Waals surface area contributed by atoms with E-state index in [4.69, 9.17) is 11.6 Å². The van der Waals surface area contributed by atoms with Gasteiger partial charge in [0.25, 0.3) is 5.91 Å². The summed E-state index contributed by atoms with van der Waals surface area (Å²) in [5.74, 6) is -0.594. The highest BCUT2D eigenvalue weighted by molar-refractivity contribution is 6.33. The van der Waals surface area contributed by atoms with Crippen molar-refractivity contribution in [1.82, 2.24) is 19.6 Å². The number of nitro groups is 1. The Balaban J connectivity index is 1.44. The second kappa shape index (κ2) is 9.44. The summed E-state index contributed by atoms with van der Waals surface area (Å²) in [5.41, 5.74) is 2.47. The molecule has 0 saturated carbocycles. The van der Waals surface area contributed by atoms with Crippen LogP contribution < -0.4 is 5.32 Å². The monoisotopic (exact) mass is 482 g/mol. The Bertz CT molecular complexity index is 1380. The van der Waals surface area contributed by atoms with Crippen LogP contribution in [0.3, 0.4) is 0 Å². The molecule has 9 nitrogen and oxygen atoms in total. The molecule has 0 aliphatic heterocycles. The van der Waals surface area contributed by atoms with Gasteiger partial charge < -0.3 is 5.32 Å². The van der Waals surface area contributed by atoms with Gasteiger partial charge in [0.15, 0.2) is 5.82 Å². The highest BCUT2D eigenvalue weighted by Crippen LogP contribution is 2.23. The SMILES string of the molecule is Cc1nn(Cc2ccc(C(=O)Nc3nn(Cc4ccccc4F)cc3Cl)cc2)c(C)c1[N+](=O)[O-]. The summed E-state index contributed by atoms with van der Waals surface area (Å²) < 4.78 is 16.9. The summed E-state index contributed by atoms with van der Waals surface area (Å²) in [4.78, 5) is 23.4. The van der Waals surface area contributed by atoms with Gasteiger partial charge in [0, 0.05) is 17.3 Å². The maximum Gasteiger partial charge on any atom is 0.312 e. The molecule has 0 fully saturated rings. The number of nitrogens with one attached hydrogen (secondary N) is 1. The van der Waals surface area contributed by atoms with E-state index in [1.807, 2.05) is 0 Å². The molecule has 0 atom stereocenters. The molecule has 0 aliphatic carbocycles. The normalized spacial score (nSPS) is 10.9. The molecular weight excluding hydrogens is 463 g/mol. The van der Waals surface area contributed by atoms with Crippen molar-refractivity contribution in [3.63, 3.8) is 0 Å². The minimum atomic E-state index is -0.440. The number of benzene rings is 2. The van der Waals surface area contributed by atoms with Gasteiger partial charge in [-0.25, -0.2) is 4.39 Å². The van der Waals surface area contributed by atoms with Gasteiger partial charge in [0.2, 0.25) is 0 Å². The van der Waals surface area contributed by atoms with Crippen LogP contribution in [-0.2, 0) is 13.1 Å². The van der Waals surface area contributed by atoms with Crippen LogP contribution in [0.1, 0.15) is 32.9 Å². The van der Waals surface area contributed by atoms with Crippen molar-refractivity contribution in [2.24, 2.45) is 0 Å². The maximum absolute atomic E-state index is 13.9. The summed E-state index contributed by atoms with van der Waals surface area (Å²) in [6.45, 7) is 3.74. The molecule has 1 amide bonds. The van der Waals surface area contributed by atoms with E-state index in [-0.39, 0.29) is 28.9 Å². The molecule has 2 aromatic heterocycles. The van der Waals surface area contributed by atoms with Crippen LogP contribution in [0.2, 0.25) is 5.02 Å². The maximum atomic E-state index is 13.9. The molecule has 2 aromatic carbocycles. The number of amides is 1. The van der Waals surface area contributed by atoms with Crippen LogP contribution in [0.15, 0.2) is 54.7 Å². The Kier molecular flexibility index (Phi) is 6.42. The van der Waals surface area contributed by atoms with Gasteiger partial charge >= 0.3 is 5.69 Å². The molecule has 11 heteroatoms. The number of hydrogen-bond donors (Lipinski definition) is 1. The molecule has 34 heavy (non-hydrogen) atoms. The summed E-state index contributed by atoms with van der Waals surface area (Å²) >= 11 is 6.20. The average molecular weight is 483 g/mol. The number of rotatable bonds is 7. The molecule has 0 aliphatic rings. The van der Waals surface area contributed by atoms with Crippen molar-refractivity contribution in [3.8, 4) is 0 Å². The number of nitrogens with zero attached hydrogens (tertiary/aromatic N) is 5. The molecular formula is C23H20ClFN6O3. The van der Waals surface area contributed by atoms with E-state index >= 15 is 0 Å². The molecule has 0 spiro atoms. The lowest BCUT2D eigenvalue weighted by molar-refractivity contribution is -0.386. The van der Waals surface area contributed by atoms with E-state index in [9.17, 15) is 19.3 Å². The Hall–Kier alpha value is -4.05. The van der Waals surface area contributed by atoms with Crippen LogP contribution in [0.4, 0.5) is 15.9 Å². The van der Waals surface area contributed by atoms with Gasteiger partial charge in [-0.05, 0) is 37.6 Å².